The minimum Gasteiger partial charge on any atom is -0.386 e. The zero-order chi connectivity index (χ0) is 16.1. The van der Waals surface area contributed by atoms with Crippen molar-refractivity contribution in [3.63, 3.8) is 0 Å². The van der Waals surface area contributed by atoms with Crippen LogP contribution in [0.4, 0.5) is 4.39 Å². The fraction of sp³-hybridized carbons (Fsp3) is 0.250. The first-order chi connectivity index (χ1) is 10.5. The van der Waals surface area contributed by atoms with Crippen molar-refractivity contribution in [3.05, 3.63) is 59.5 Å². The lowest BCUT2D eigenvalue weighted by molar-refractivity contribution is 0.0851. The molecule has 1 amide bonds. The van der Waals surface area contributed by atoms with Crippen LogP contribution in [0.25, 0.3) is 0 Å². The fourth-order valence-electron chi connectivity index (χ4n) is 1.95. The SMILES string of the molecule is CSc1ccc(C(=O)NC(C)C(O)c2ccc(F)cc2)cn1. The number of hydrogen-bond acceptors (Lipinski definition) is 4. The average Bonchev–Trinajstić information content (AvgIpc) is 2.54. The van der Waals surface area contributed by atoms with E-state index in [1.54, 1.807) is 19.1 Å². The van der Waals surface area contributed by atoms with Gasteiger partial charge in [-0.3, -0.25) is 4.79 Å². The molecule has 1 aromatic heterocycles. The number of nitrogens with one attached hydrogen (secondary N) is 1. The van der Waals surface area contributed by atoms with E-state index in [2.05, 4.69) is 10.3 Å². The molecule has 2 rings (SSSR count). The van der Waals surface area contributed by atoms with Gasteiger partial charge >= 0.3 is 0 Å². The molecular weight excluding hydrogens is 303 g/mol. The Labute approximate surface area is 132 Å². The van der Waals surface area contributed by atoms with E-state index in [0.717, 1.165) is 5.03 Å². The number of carbonyl (C=O) groups is 1. The molecule has 6 heteroatoms. The van der Waals surface area contributed by atoms with Gasteiger partial charge in [0, 0.05) is 6.20 Å². The molecule has 2 atom stereocenters. The normalized spacial score (nSPS) is 13.5. The largest absolute Gasteiger partial charge is 0.386 e. The van der Waals surface area contributed by atoms with Crippen molar-refractivity contribution < 1.29 is 14.3 Å². The van der Waals surface area contributed by atoms with Crippen molar-refractivity contribution in [3.8, 4) is 0 Å². The first kappa shape index (κ1) is 16.5. The van der Waals surface area contributed by atoms with Crippen molar-refractivity contribution in [1.82, 2.24) is 10.3 Å². The summed E-state index contributed by atoms with van der Waals surface area (Å²) < 4.78 is 12.9. The number of rotatable bonds is 5. The van der Waals surface area contributed by atoms with Crippen LogP contribution in [0.5, 0.6) is 0 Å². The predicted octanol–water partition coefficient (Wildman–Crippen LogP) is 2.79. The number of thioether (sulfide) groups is 1. The quantitative estimate of drug-likeness (QED) is 0.832. The van der Waals surface area contributed by atoms with Gasteiger partial charge in [0.25, 0.3) is 5.91 Å². The van der Waals surface area contributed by atoms with Crippen molar-refractivity contribution in [2.45, 2.75) is 24.1 Å². The molecule has 0 saturated heterocycles. The van der Waals surface area contributed by atoms with Crippen LogP contribution >= 0.6 is 11.8 Å². The van der Waals surface area contributed by atoms with Gasteiger partial charge in [0.05, 0.1) is 22.7 Å². The maximum Gasteiger partial charge on any atom is 0.253 e. The molecule has 0 aliphatic carbocycles. The van der Waals surface area contributed by atoms with Gasteiger partial charge in [-0.1, -0.05) is 12.1 Å². The number of amides is 1. The highest BCUT2D eigenvalue weighted by molar-refractivity contribution is 7.98. The molecule has 0 bridgehead atoms. The number of aliphatic hydroxyl groups is 1. The van der Waals surface area contributed by atoms with Crippen molar-refractivity contribution >= 4 is 17.7 Å². The minimum absolute atomic E-state index is 0.311. The van der Waals surface area contributed by atoms with Crippen molar-refractivity contribution in [1.29, 1.82) is 0 Å². The summed E-state index contributed by atoms with van der Waals surface area (Å²) in [4.78, 5) is 16.3. The summed E-state index contributed by atoms with van der Waals surface area (Å²) in [6.45, 7) is 1.69. The molecule has 2 unspecified atom stereocenters. The van der Waals surface area contributed by atoms with Gasteiger partial charge in [-0.2, -0.15) is 0 Å². The van der Waals surface area contributed by atoms with Crippen LogP contribution in [0.15, 0.2) is 47.6 Å². The lowest BCUT2D eigenvalue weighted by Gasteiger charge is -2.20. The van der Waals surface area contributed by atoms with E-state index < -0.39 is 12.1 Å². The monoisotopic (exact) mass is 320 g/mol. The van der Waals surface area contributed by atoms with Gasteiger partial charge in [-0.15, -0.1) is 11.8 Å². The van der Waals surface area contributed by atoms with Gasteiger partial charge in [0.1, 0.15) is 5.82 Å². The standard InChI is InChI=1S/C16H17FN2O2S/c1-10(15(20)11-3-6-13(17)7-4-11)19-16(21)12-5-8-14(22-2)18-9-12/h3-10,15,20H,1-2H3,(H,19,21). The fourth-order valence-corrected chi connectivity index (χ4v) is 2.32. The highest BCUT2D eigenvalue weighted by atomic mass is 32.2. The second-order valence-corrected chi connectivity index (χ2v) is 5.67. The molecule has 0 radical (unpaired) electrons. The third kappa shape index (κ3) is 4.05. The molecule has 22 heavy (non-hydrogen) atoms. The number of nitrogens with zero attached hydrogens (tertiary/aromatic N) is 1. The number of hydrogen-bond donors (Lipinski definition) is 2. The van der Waals surface area contributed by atoms with Crippen LogP contribution in [-0.4, -0.2) is 28.3 Å². The topological polar surface area (TPSA) is 62.2 Å². The molecule has 0 saturated carbocycles. The molecule has 0 aliphatic heterocycles. The second kappa shape index (κ2) is 7.38. The van der Waals surface area contributed by atoms with E-state index in [1.165, 1.54) is 42.2 Å². The number of aromatic nitrogens is 1. The number of benzene rings is 1. The van der Waals surface area contributed by atoms with Crippen LogP contribution in [0.3, 0.4) is 0 Å². The van der Waals surface area contributed by atoms with E-state index in [-0.39, 0.29) is 11.7 Å². The van der Waals surface area contributed by atoms with E-state index >= 15 is 0 Å². The smallest absolute Gasteiger partial charge is 0.253 e. The summed E-state index contributed by atoms with van der Waals surface area (Å²) in [6, 6.07) is 8.48. The van der Waals surface area contributed by atoms with Crippen LogP contribution in [0.2, 0.25) is 0 Å². The first-order valence-electron chi connectivity index (χ1n) is 6.75. The first-order valence-corrected chi connectivity index (χ1v) is 7.98. The molecule has 2 N–H and O–H groups in total. The Kier molecular flexibility index (Phi) is 5.51. The Morgan fingerprint density at radius 3 is 2.50 bits per heavy atom. The zero-order valence-electron chi connectivity index (χ0n) is 12.3. The third-order valence-electron chi connectivity index (χ3n) is 3.25. The van der Waals surface area contributed by atoms with Gasteiger partial charge in [0.2, 0.25) is 0 Å². The molecule has 1 heterocycles. The molecule has 0 aliphatic rings. The lowest BCUT2D eigenvalue weighted by Crippen LogP contribution is -2.37. The maximum absolute atomic E-state index is 12.9. The molecule has 116 valence electrons. The van der Waals surface area contributed by atoms with Gasteiger partial charge in [-0.25, -0.2) is 9.37 Å². The van der Waals surface area contributed by atoms with Crippen molar-refractivity contribution in [2.75, 3.05) is 6.26 Å². The Hall–Kier alpha value is -1.92. The van der Waals surface area contributed by atoms with Crippen LogP contribution < -0.4 is 5.32 Å². The number of pyridine rings is 1. The van der Waals surface area contributed by atoms with Crippen molar-refractivity contribution in [2.24, 2.45) is 0 Å². The van der Waals surface area contributed by atoms with Crippen LogP contribution in [0, 0.1) is 5.82 Å². The van der Waals surface area contributed by atoms with E-state index in [9.17, 15) is 14.3 Å². The molecule has 1 aromatic carbocycles. The van der Waals surface area contributed by atoms with E-state index in [0.29, 0.717) is 11.1 Å². The molecule has 0 fully saturated rings. The summed E-state index contributed by atoms with van der Waals surface area (Å²) in [6.07, 6.45) is 2.49. The Balaban J connectivity index is 2.01. The van der Waals surface area contributed by atoms with E-state index in [4.69, 9.17) is 0 Å². The number of aliphatic hydroxyl groups excluding tert-OH is 1. The van der Waals surface area contributed by atoms with E-state index in [1.807, 2.05) is 6.26 Å². The van der Waals surface area contributed by atoms with Crippen LogP contribution in [0.1, 0.15) is 28.9 Å². The molecular formula is C16H17FN2O2S. The summed E-state index contributed by atoms with van der Waals surface area (Å²) in [5.41, 5.74) is 0.973. The Bertz CT molecular complexity index is 632. The predicted molar refractivity (Wildman–Crippen MR) is 84.3 cm³/mol. The summed E-state index contributed by atoms with van der Waals surface area (Å²) >= 11 is 1.49. The lowest BCUT2D eigenvalue weighted by atomic mass is 10.0. The molecule has 2 aromatic rings. The molecule has 4 nitrogen and oxygen atoms in total. The Morgan fingerprint density at radius 1 is 1.27 bits per heavy atom. The second-order valence-electron chi connectivity index (χ2n) is 4.85. The van der Waals surface area contributed by atoms with Gasteiger partial charge in [-0.05, 0) is 43.0 Å². The highest BCUT2D eigenvalue weighted by Gasteiger charge is 2.19. The molecule has 0 spiro atoms. The third-order valence-corrected chi connectivity index (χ3v) is 3.91. The van der Waals surface area contributed by atoms with Gasteiger partial charge in [0.15, 0.2) is 0 Å². The average molecular weight is 320 g/mol. The highest BCUT2D eigenvalue weighted by Crippen LogP contribution is 2.18. The van der Waals surface area contributed by atoms with Crippen LogP contribution in [-0.2, 0) is 0 Å². The van der Waals surface area contributed by atoms with Gasteiger partial charge < -0.3 is 10.4 Å². The number of halogens is 1. The summed E-state index contributed by atoms with van der Waals surface area (Å²) in [7, 11) is 0. The Morgan fingerprint density at radius 2 is 1.95 bits per heavy atom. The zero-order valence-corrected chi connectivity index (χ0v) is 13.1. The maximum atomic E-state index is 12.9. The summed E-state index contributed by atoms with van der Waals surface area (Å²) in [5.74, 6) is -0.679. The number of carbonyl (C=O) groups excluding carboxylic acids is 1. The summed E-state index contributed by atoms with van der Waals surface area (Å²) in [5, 5.41) is 13.7. The minimum atomic E-state index is -0.914.